The SMILES string of the molecule is CCNC(=NCC(C)c1c(C)noc1C)N1CCN(C(=O)C2CCCO2)CC1. The topological polar surface area (TPSA) is 83.2 Å². The van der Waals surface area contributed by atoms with Crippen molar-refractivity contribution >= 4 is 11.9 Å². The van der Waals surface area contributed by atoms with Gasteiger partial charge in [-0.2, -0.15) is 0 Å². The first-order valence-corrected chi connectivity index (χ1v) is 10.4. The Kier molecular flexibility index (Phi) is 6.93. The minimum Gasteiger partial charge on any atom is -0.368 e. The Morgan fingerprint density at radius 1 is 1.29 bits per heavy atom. The number of amides is 1. The van der Waals surface area contributed by atoms with Crippen molar-refractivity contribution in [3.63, 3.8) is 0 Å². The van der Waals surface area contributed by atoms with Gasteiger partial charge in [0.05, 0.1) is 5.69 Å². The van der Waals surface area contributed by atoms with E-state index in [1.807, 2.05) is 18.7 Å². The summed E-state index contributed by atoms with van der Waals surface area (Å²) >= 11 is 0. The first-order chi connectivity index (χ1) is 13.5. The van der Waals surface area contributed by atoms with Gasteiger partial charge in [-0.25, -0.2) is 0 Å². The monoisotopic (exact) mass is 391 g/mol. The van der Waals surface area contributed by atoms with Crippen LogP contribution in [0, 0.1) is 13.8 Å². The highest BCUT2D eigenvalue weighted by molar-refractivity contribution is 5.82. The van der Waals surface area contributed by atoms with Gasteiger partial charge >= 0.3 is 0 Å². The fourth-order valence-corrected chi connectivity index (χ4v) is 4.05. The lowest BCUT2D eigenvalue weighted by Gasteiger charge is -2.37. The number of nitrogens with zero attached hydrogens (tertiary/aromatic N) is 4. The Bertz CT molecular complexity index is 669. The van der Waals surface area contributed by atoms with E-state index in [0.717, 1.165) is 55.5 Å². The van der Waals surface area contributed by atoms with Gasteiger partial charge in [0, 0.05) is 57.4 Å². The Morgan fingerprint density at radius 2 is 2.00 bits per heavy atom. The second kappa shape index (κ2) is 9.41. The van der Waals surface area contributed by atoms with E-state index in [1.54, 1.807) is 0 Å². The standard InChI is InChI=1S/C20H33N5O3/c1-5-21-20(22-13-14(2)18-15(3)23-28-16(18)4)25-10-8-24(9-11-25)19(26)17-7-6-12-27-17/h14,17H,5-13H2,1-4H3,(H,21,22). The minimum absolute atomic E-state index is 0.145. The van der Waals surface area contributed by atoms with Crippen molar-refractivity contribution in [1.82, 2.24) is 20.3 Å². The summed E-state index contributed by atoms with van der Waals surface area (Å²) in [4.78, 5) is 21.6. The zero-order valence-electron chi connectivity index (χ0n) is 17.5. The molecule has 1 N–H and O–H groups in total. The molecule has 2 saturated heterocycles. The van der Waals surface area contributed by atoms with Crippen LogP contribution < -0.4 is 5.32 Å². The van der Waals surface area contributed by atoms with Crippen molar-refractivity contribution in [2.24, 2.45) is 4.99 Å². The Morgan fingerprint density at radius 3 is 2.57 bits per heavy atom. The highest BCUT2D eigenvalue weighted by atomic mass is 16.5. The normalized spacial score (nSPS) is 21.9. The maximum Gasteiger partial charge on any atom is 0.251 e. The largest absolute Gasteiger partial charge is 0.368 e. The lowest BCUT2D eigenvalue weighted by atomic mass is 10.00. The fourth-order valence-electron chi connectivity index (χ4n) is 4.05. The summed E-state index contributed by atoms with van der Waals surface area (Å²) in [5.41, 5.74) is 2.08. The van der Waals surface area contributed by atoms with Crippen molar-refractivity contribution in [2.75, 3.05) is 45.9 Å². The molecule has 0 aromatic carbocycles. The predicted molar refractivity (Wildman–Crippen MR) is 107 cm³/mol. The zero-order chi connectivity index (χ0) is 20.1. The van der Waals surface area contributed by atoms with Crippen LogP contribution in [0.5, 0.6) is 0 Å². The molecule has 3 heterocycles. The molecule has 2 atom stereocenters. The molecule has 2 aliphatic rings. The second-order valence-corrected chi connectivity index (χ2v) is 7.65. The lowest BCUT2D eigenvalue weighted by Crippen LogP contribution is -2.55. The summed E-state index contributed by atoms with van der Waals surface area (Å²) in [7, 11) is 0. The third-order valence-corrected chi connectivity index (χ3v) is 5.53. The lowest BCUT2D eigenvalue weighted by molar-refractivity contribution is -0.142. The molecule has 1 amide bonds. The van der Waals surface area contributed by atoms with Gasteiger partial charge < -0.3 is 24.4 Å². The van der Waals surface area contributed by atoms with Crippen LogP contribution in [0.1, 0.15) is 49.6 Å². The van der Waals surface area contributed by atoms with E-state index in [0.29, 0.717) is 26.2 Å². The van der Waals surface area contributed by atoms with Gasteiger partial charge in [-0.15, -0.1) is 0 Å². The predicted octanol–water partition coefficient (Wildman–Crippen LogP) is 1.68. The van der Waals surface area contributed by atoms with E-state index in [2.05, 4.69) is 29.2 Å². The van der Waals surface area contributed by atoms with Crippen molar-refractivity contribution in [3.05, 3.63) is 17.0 Å². The van der Waals surface area contributed by atoms with Gasteiger partial charge in [0.1, 0.15) is 11.9 Å². The molecule has 2 unspecified atom stereocenters. The number of hydrogen-bond acceptors (Lipinski definition) is 5. The third-order valence-electron chi connectivity index (χ3n) is 5.53. The fraction of sp³-hybridized carbons (Fsp3) is 0.750. The number of carbonyl (C=O) groups excluding carboxylic acids is 1. The maximum atomic E-state index is 12.5. The first-order valence-electron chi connectivity index (χ1n) is 10.4. The molecular formula is C20H33N5O3. The number of carbonyl (C=O) groups is 1. The summed E-state index contributed by atoms with van der Waals surface area (Å²) in [6, 6.07) is 0. The summed E-state index contributed by atoms with van der Waals surface area (Å²) in [6.45, 7) is 13.3. The van der Waals surface area contributed by atoms with E-state index in [9.17, 15) is 4.79 Å². The number of aromatic nitrogens is 1. The Balaban J connectivity index is 1.58. The number of rotatable bonds is 5. The van der Waals surface area contributed by atoms with Crippen molar-refractivity contribution in [3.8, 4) is 0 Å². The minimum atomic E-state index is -0.232. The Hall–Kier alpha value is -2.09. The molecule has 1 aromatic heterocycles. The van der Waals surface area contributed by atoms with Crippen LogP contribution in [0.4, 0.5) is 0 Å². The summed E-state index contributed by atoms with van der Waals surface area (Å²) < 4.78 is 10.8. The summed E-state index contributed by atoms with van der Waals surface area (Å²) in [6.07, 6.45) is 1.60. The number of ether oxygens (including phenoxy) is 1. The van der Waals surface area contributed by atoms with Gasteiger partial charge in [0.25, 0.3) is 5.91 Å². The molecule has 8 nitrogen and oxygen atoms in total. The van der Waals surface area contributed by atoms with Crippen LogP contribution in [0.25, 0.3) is 0 Å². The molecule has 0 saturated carbocycles. The van der Waals surface area contributed by atoms with Gasteiger partial charge in [-0.05, 0) is 33.6 Å². The second-order valence-electron chi connectivity index (χ2n) is 7.65. The maximum absolute atomic E-state index is 12.5. The average Bonchev–Trinajstić information content (AvgIpc) is 3.34. The number of guanidine groups is 1. The molecule has 2 fully saturated rings. The number of hydrogen-bond donors (Lipinski definition) is 1. The third kappa shape index (κ3) is 4.66. The molecule has 3 rings (SSSR count). The number of aliphatic imine (C=N–C) groups is 1. The van der Waals surface area contributed by atoms with Crippen molar-refractivity contribution in [1.29, 1.82) is 0 Å². The summed E-state index contributed by atoms with van der Waals surface area (Å²) in [5, 5.41) is 7.44. The van der Waals surface area contributed by atoms with Crippen LogP contribution in [0.3, 0.4) is 0 Å². The van der Waals surface area contributed by atoms with E-state index in [4.69, 9.17) is 14.3 Å². The average molecular weight is 392 g/mol. The molecule has 1 aromatic rings. The zero-order valence-corrected chi connectivity index (χ0v) is 17.5. The molecule has 0 bridgehead atoms. The molecule has 28 heavy (non-hydrogen) atoms. The van der Waals surface area contributed by atoms with Crippen molar-refractivity contribution in [2.45, 2.75) is 52.6 Å². The summed E-state index contributed by atoms with van der Waals surface area (Å²) in [5.74, 6) is 2.16. The molecule has 2 aliphatic heterocycles. The van der Waals surface area contributed by atoms with Gasteiger partial charge in [0.2, 0.25) is 0 Å². The van der Waals surface area contributed by atoms with E-state index in [1.165, 1.54) is 0 Å². The Labute approximate surface area is 167 Å². The smallest absolute Gasteiger partial charge is 0.251 e. The van der Waals surface area contributed by atoms with E-state index in [-0.39, 0.29) is 17.9 Å². The quantitative estimate of drug-likeness (QED) is 0.607. The van der Waals surface area contributed by atoms with E-state index < -0.39 is 0 Å². The van der Waals surface area contributed by atoms with Crippen LogP contribution >= 0.6 is 0 Å². The first kappa shape index (κ1) is 20.6. The number of piperazine rings is 1. The molecule has 0 aliphatic carbocycles. The highest BCUT2D eigenvalue weighted by Crippen LogP contribution is 2.23. The molecular weight excluding hydrogens is 358 g/mol. The van der Waals surface area contributed by atoms with Crippen LogP contribution in [-0.2, 0) is 9.53 Å². The van der Waals surface area contributed by atoms with Gasteiger partial charge in [-0.1, -0.05) is 12.1 Å². The van der Waals surface area contributed by atoms with Crippen LogP contribution in [-0.4, -0.2) is 78.8 Å². The molecule has 8 heteroatoms. The van der Waals surface area contributed by atoms with Crippen LogP contribution in [0.15, 0.2) is 9.52 Å². The van der Waals surface area contributed by atoms with Gasteiger partial charge in [-0.3, -0.25) is 9.79 Å². The molecule has 156 valence electrons. The van der Waals surface area contributed by atoms with E-state index >= 15 is 0 Å². The van der Waals surface area contributed by atoms with Crippen LogP contribution in [0.2, 0.25) is 0 Å². The molecule has 0 radical (unpaired) electrons. The molecule has 0 spiro atoms. The van der Waals surface area contributed by atoms with Crippen molar-refractivity contribution < 1.29 is 14.1 Å². The number of aryl methyl sites for hydroxylation is 2. The number of nitrogens with one attached hydrogen (secondary N) is 1. The van der Waals surface area contributed by atoms with Gasteiger partial charge in [0.15, 0.2) is 5.96 Å². The highest BCUT2D eigenvalue weighted by Gasteiger charge is 2.31.